The smallest absolute Gasteiger partial charge is 0.238 e. The molecule has 0 bridgehead atoms. The van der Waals surface area contributed by atoms with E-state index >= 15 is 0 Å². The van der Waals surface area contributed by atoms with Crippen molar-refractivity contribution >= 4 is 17.4 Å². The number of likely N-dealkylation sites (tertiary alicyclic amines) is 1. The van der Waals surface area contributed by atoms with E-state index in [4.69, 9.17) is 0 Å². The monoisotopic (exact) mass is 494 g/mol. The van der Waals surface area contributed by atoms with Gasteiger partial charge in [0.15, 0.2) is 5.78 Å². The lowest BCUT2D eigenvalue weighted by Crippen LogP contribution is -2.44. The first-order valence-corrected chi connectivity index (χ1v) is 15.1. The van der Waals surface area contributed by atoms with Gasteiger partial charge in [0.1, 0.15) is 5.69 Å². The Kier molecular flexibility index (Phi) is 7.02. The van der Waals surface area contributed by atoms with Crippen LogP contribution in [0.3, 0.4) is 0 Å². The van der Waals surface area contributed by atoms with E-state index in [2.05, 4.69) is 20.5 Å². The topological polar surface area (TPSA) is 77.2 Å². The lowest BCUT2D eigenvalue weighted by atomic mass is 9.72. The molecule has 0 atom stereocenters. The molecule has 0 radical (unpaired) electrons. The van der Waals surface area contributed by atoms with E-state index < -0.39 is 0 Å². The summed E-state index contributed by atoms with van der Waals surface area (Å²) in [4.78, 5) is 32.8. The van der Waals surface area contributed by atoms with Gasteiger partial charge in [-0.25, -0.2) is 0 Å². The van der Waals surface area contributed by atoms with Gasteiger partial charge >= 0.3 is 0 Å². The molecule has 198 valence electrons. The quantitative estimate of drug-likeness (QED) is 0.461. The maximum Gasteiger partial charge on any atom is 0.238 e. The summed E-state index contributed by atoms with van der Waals surface area (Å²) in [7, 11) is 0. The van der Waals surface area contributed by atoms with Gasteiger partial charge in [-0.1, -0.05) is 51.4 Å². The van der Waals surface area contributed by atoms with Gasteiger partial charge in [0, 0.05) is 35.7 Å². The van der Waals surface area contributed by atoms with Crippen molar-refractivity contribution in [3.05, 3.63) is 17.0 Å². The van der Waals surface area contributed by atoms with Crippen LogP contribution in [0, 0.1) is 11.3 Å². The lowest BCUT2D eigenvalue weighted by molar-refractivity contribution is -0.117. The fraction of sp³-hybridized carbons (Fsp3) is 0.800. The van der Waals surface area contributed by atoms with Crippen LogP contribution < -0.4 is 10.6 Å². The minimum Gasteiger partial charge on any atom is -0.353 e. The summed E-state index contributed by atoms with van der Waals surface area (Å²) in [6.45, 7) is 4.19. The zero-order valence-electron chi connectivity index (χ0n) is 22.2. The minimum absolute atomic E-state index is 0.0399. The number of aromatic amines is 1. The highest BCUT2D eigenvalue weighted by Gasteiger charge is 2.43. The lowest BCUT2D eigenvalue weighted by Gasteiger charge is -2.39. The largest absolute Gasteiger partial charge is 0.353 e. The van der Waals surface area contributed by atoms with Gasteiger partial charge in [0.25, 0.3) is 0 Å². The Labute approximate surface area is 216 Å². The first-order valence-electron chi connectivity index (χ1n) is 15.1. The number of carbonyl (C=O) groups excluding carboxylic acids is 2. The molecule has 3 N–H and O–H groups in total. The van der Waals surface area contributed by atoms with E-state index in [1.165, 1.54) is 82.7 Å². The number of aromatic nitrogens is 1. The number of amides is 1. The van der Waals surface area contributed by atoms with Crippen molar-refractivity contribution in [1.29, 1.82) is 0 Å². The first kappa shape index (κ1) is 24.7. The number of rotatable bonds is 5. The minimum atomic E-state index is 0.0399. The third kappa shape index (κ3) is 4.92. The molecule has 6 heteroatoms. The summed E-state index contributed by atoms with van der Waals surface area (Å²) in [5.41, 5.74) is 4.50. The number of Topliss-reactive ketones (excluding diaryl/α,β-unsaturated/α-hetero) is 1. The zero-order valence-corrected chi connectivity index (χ0v) is 22.2. The fourth-order valence-electron chi connectivity index (χ4n) is 7.93. The number of H-pyrrole nitrogens is 1. The molecule has 2 spiro atoms. The summed E-state index contributed by atoms with van der Waals surface area (Å²) in [5.74, 6) is 0.382. The van der Waals surface area contributed by atoms with E-state index in [1.807, 2.05) is 0 Å². The second-order valence-corrected chi connectivity index (χ2v) is 12.9. The molecule has 1 aromatic heterocycles. The van der Waals surface area contributed by atoms with Crippen molar-refractivity contribution < 1.29 is 9.59 Å². The molecule has 0 aromatic carbocycles. The molecule has 3 aliphatic carbocycles. The van der Waals surface area contributed by atoms with E-state index in [0.29, 0.717) is 17.7 Å². The summed E-state index contributed by atoms with van der Waals surface area (Å²) in [6.07, 6.45) is 20.0. The Balaban J connectivity index is 1.22. The number of ketones is 1. The van der Waals surface area contributed by atoms with Crippen LogP contribution in [0.15, 0.2) is 0 Å². The van der Waals surface area contributed by atoms with Crippen LogP contribution in [0.2, 0.25) is 0 Å². The molecule has 6 nitrogen and oxygen atoms in total. The Hall–Kier alpha value is -1.66. The predicted molar refractivity (Wildman–Crippen MR) is 143 cm³/mol. The van der Waals surface area contributed by atoms with Gasteiger partial charge in [0.2, 0.25) is 5.91 Å². The highest BCUT2D eigenvalue weighted by atomic mass is 16.2. The number of carbonyl (C=O) groups is 2. The van der Waals surface area contributed by atoms with E-state index in [1.54, 1.807) is 0 Å². The normalized spacial score (nSPS) is 26.2. The van der Waals surface area contributed by atoms with Crippen LogP contribution >= 0.6 is 0 Å². The Morgan fingerprint density at radius 3 is 2.17 bits per heavy atom. The number of nitrogens with zero attached hydrogens (tertiary/aromatic N) is 1. The van der Waals surface area contributed by atoms with Crippen molar-refractivity contribution in [1.82, 2.24) is 15.2 Å². The molecule has 4 fully saturated rings. The van der Waals surface area contributed by atoms with Crippen LogP contribution in [-0.4, -0.2) is 47.8 Å². The Morgan fingerprint density at radius 2 is 1.50 bits per heavy atom. The van der Waals surface area contributed by atoms with Crippen LogP contribution in [-0.2, 0) is 16.8 Å². The summed E-state index contributed by atoms with van der Waals surface area (Å²) in [6, 6.07) is 0. The number of anilines is 1. The van der Waals surface area contributed by atoms with Gasteiger partial charge < -0.3 is 15.6 Å². The highest BCUT2D eigenvalue weighted by molar-refractivity contribution is 6.07. The SMILES string of the molecule is O=C(CN1CCC2(CCCC2)CC1)Nc1c(C(=O)C2CC2)[nH]c2c1CNCC21CCCCCCCC1. The van der Waals surface area contributed by atoms with E-state index in [-0.39, 0.29) is 23.0 Å². The van der Waals surface area contributed by atoms with Crippen LogP contribution in [0.25, 0.3) is 0 Å². The van der Waals surface area contributed by atoms with Crippen molar-refractivity contribution in [2.24, 2.45) is 11.3 Å². The van der Waals surface area contributed by atoms with Crippen molar-refractivity contribution in [3.8, 4) is 0 Å². The molecule has 6 rings (SSSR count). The maximum atomic E-state index is 13.4. The Bertz CT molecular complexity index is 952. The van der Waals surface area contributed by atoms with Gasteiger partial charge in [-0.2, -0.15) is 0 Å². The van der Waals surface area contributed by atoms with Crippen molar-refractivity contribution in [2.45, 2.75) is 115 Å². The van der Waals surface area contributed by atoms with E-state index in [9.17, 15) is 9.59 Å². The van der Waals surface area contributed by atoms with Crippen molar-refractivity contribution in [2.75, 3.05) is 31.5 Å². The molecule has 3 heterocycles. The molecule has 36 heavy (non-hydrogen) atoms. The fourth-order valence-corrected chi connectivity index (χ4v) is 7.93. The molecular weight excluding hydrogens is 448 g/mol. The molecule has 2 aliphatic heterocycles. The number of hydrogen-bond donors (Lipinski definition) is 3. The zero-order chi connectivity index (χ0) is 24.6. The molecule has 1 amide bonds. The molecule has 5 aliphatic rings. The molecular formula is C30H46N4O2. The molecule has 1 aromatic rings. The number of hydrogen-bond acceptors (Lipinski definition) is 4. The van der Waals surface area contributed by atoms with Gasteiger partial charge in [0.05, 0.1) is 12.2 Å². The van der Waals surface area contributed by atoms with Gasteiger partial charge in [-0.05, 0) is 69.9 Å². The highest BCUT2D eigenvalue weighted by Crippen LogP contribution is 2.47. The Morgan fingerprint density at radius 1 is 0.861 bits per heavy atom. The number of fused-ring (bicyclic) bond motifs is 2. The van der Waals surface area contributed by atoms with Crippen LogP contribution in [0.4, 0.5) is 5.69 Å². The molecule has 1 saturated heterocycles. The second kappa shape index (κ2) is 10.2. The van der Waals surface area contributed by atoms with Crippen LogP contribution in [0.5, 0.6) is 0 Å². The summed E-state index contributed by atoms with van der Waals surface area (Å²) >= 11 is 0. The second-order valence-electron chi connectivity index (χ2n) is 12.9. The van der Waals surface area contributed by atoms with Gasteiger partial charge in [-0.3, -0.25) is 14.5 Å². The van der Waals surface area contributed by atoms with Crippen molar-refractivity contribution in [3.63, 3.8) is 0 Å². The first-order chi connectivity index (χ1) is 17.6. The average molecular weight is 495 g/mol. The number of nitrogens with one attached hydrogen (secondary N) is 3. The van der Waals surface area contributed by atoms with E-state index in [0.717, 1.165) is 63.1 Å². The molecule has 3 saturated carbocycles. The number of piperidine rings is 1. The van der Waals surface area contributed by atoms with Crippen LogP contribution in [0.1, 0.15) is 124 Å². The third-order valence-corrected chi connectivity index (χ3v) is 10.4. The standard InChI is InChI=1S/C30H46N4O2/c35-24(20-34-17-15-29(16-18-34)11-7-8-12-29)32-25-23-19-31-21-30(13-5-3-1-2-4-6-14-30)28(23)33-26(25)27(36)22-9-10-22/h22,31,33H,1-21H2,(H,32,35). The predicted octanol–water partition coefficient (Wildman–Crippen LogP) is 5.68. The maximum absolute atomic E-state index is 13.4. The summed E-state index contributed by atoms with van der Waals surface area (Å²) < 4.78 is 0. The van der Waals surface area contributed by atoms with Gasteiger partial charge in [-0.15, -0.1) is 0 Å². The average Bonchev–Trinajstić information content (AvgIpc) is 3.50. The third-order valence-electron chi connectivity index (χ3n) is 10.4. The summed E-state index contributed by atoms with van der Waals surface area (Å²) in [5, 5.41) is 6.98. The molecule has 0 unspecified atom stereocenters.